The molecule has 1 aromatic heterocycles. The quantitative estimate of drug-likeness (QED) is 0.825. The molecule has 1 aliphatic carbocycles. The third-order valence-electron chi connectivity index (χ3n) is 3.83. The standard InChI is InChI=1S/C16H26N2S/c1-3-15(17-4-2)16-11-10-14(12-18-16)19-13-8-6-5-7-9-13/h10-13,15,17H,3-9H2,1-2H3. The van der Waals surface area contributed by atoms with E-state index in [0.717, 1.165) is 18.2 Å². The summed E-state index contributed by atoms with van der Waals surface area (Å²) in [6, 6.07) is 4.85. The average Bonchev–Trinajstić information content (AvgIpc) is 2.47. The fraction of sp³-hybridized carbons (Fsp3) is 0.688. The summed E-state index contributed by atoms with van der Waals surface area (Å²) in [5, 5.41) is 4.30. The summed E-state index contributed by atoms with van der Waals surface area (Å²) >= 11 is 2.02. The highest BCUT2D eigenvalue weighted by Crippen LogP contribution is 2.33. The minimum Gasteiger partial charge on any atom is -0.309 e. The van der Waals surface area contributed by atoms with Gasteiger partial charge in [-0.25, -0.2) is 0 Å². The normalized spacial score (nSPS) is 18.4. The Balaban J connectivity index is 1.93. The highest BCUT2D eigenvalue weighted by atomic mass is 32.2. The highest BCUT2D eigenvalue weighted by Gasteiger charge is 2.15. The molecule has 1 fully saturated rings. The molecule has 0 saturated heterocycles. The maximum absolute atomic E-state index is 4.65. The van der Waals surface area contributed by atoms with Crippen molar-refractivity contribution in [3.8, 4) is 0 Å². The van der Waals surface area contributed by atoms with Crippen LogP contribution >= 0.6 is 11.8 Å². The van der Waals surface area contributed by atoms with Crippen LogP contribution in [0.2, 0.25) is 0 Å². The van der Waals surface area contributed by atoms with Crippen molar-refractivity contribution < 1.29 is 0 Å². The monoisotopic (exact) mass is 278 g/mol. The molecular formula is C16H26N2S. The molecule has 1 N–H and O–H groups in total. The van der Waals surface area contributed by atoms with E-state index in [0.29, 0.717) is 6.04 Å². The summed E-state index contributed by atoms with van der Waals surface area (Å²) in [5.74, 6) is 0. The van der Waals surface area contributed by atoms with Crippen LogP contribution in [0.1, 0.15) is 64.1 Å². The molecule has 1 atom stereocenters. The molecule has 0 amide bonds. The molecule has 1 unspecified atom stereocenters. The fourth-order valence-electron chi connectivity index (χ4n) is 2.75. The average molecular weight is 278 g/mol. The van der Waals surface area contributed by atoms with Crippen molar-refractivity contribution in [1.82, 2.24) is 10.3 Å². The molecule has 3 heteroatoms. The zero-order chi connectivity index (χ0) is 13.5. The van der Waals surface area contributed by atoms with Gasteiger partial charge in [-0.05, 0) is 37.9 Å². The summed E-state index contributed by atoms with van der Waals surface area (Å²) in [6.45, 7) is 5.36. The zero-order valence-electron chi connectivity index (χ0n) is 12.2. The predicted molar refractivity (Wildman–Crippen MR) is 83.7 cm³/mol. The number of rotatable bonds is 6. The molecule has 106 valence electrons. The van der Waals surface area contributed by atoms with E-state index in [9.17, 15) is 0 Å². The Kier molecular flexibility index (Phi) is 6.18. The lowest BCUT2D eigenvalue weighted by molar-refractivity contribution is 0.515. The number of nitrogens with zero attached hydrogens (tertiary/aromatic N) is 1. The van der Waals surface area contributed by atoms with Crippen LogP contribution < -0.4 is 5.32 Å². The van der Waals surface area contributed by atoms with Gasteiger partial charge in [-0.1, -0.05) is 33.1 Å². The van der Waals surface area contributed by atoms with Crippen molar-refractivity contribution in [2.75, 3.05) is 6.54 Å². The fourth-order valence-corrected chi connectivity index (χ4v) is 3.96. The Hall–Kier alpha value is -0.540. The first kappa shape index (κ1) is 14.9. The molecule has 1 heterocycles. The molecule has 1 aromatic rings. The summed E-state index contributed by atoms with van der Waals surface area (Å²) < 4.78 is 0. The van der Waals surface area contributed by atoms with Crippen molar-refractivity contribution in [3.05, 3.63) is 24.0 Å². The van der Waals surface area contributed by atoms with Crippen LogP contribution in [-0.4, -0.2) is 16.8 Å². The second-order valence-corrected chi connectivity index (χ2v) is 6.69. The van der Waals surface area contributed by atoms with Crippen molar-refractivity contribution in [2.24, 2.45) is 0 Å². The van der Waals surface area contributed by atoms with Crippen molar-refractivity contribution in [2.45, 2.75) is 68.6 Å². The van der Waals surface area contributed by atoms with Crippen LogP contribution in [0, 0.1) is 0 Å². The van der Waals surface area contributed by atoms with Gasteiger partial charge >= 0.3 is 0 Å². The molecular weight excluding hydrogens is 252 g/mol. The van der Waals surface area contributed by atoms with Crippen LogP contribution in [0.15, 0.2) is 23.2 Å². The molecule has 2 nitrogen and oxygen atoms in total. The Labute approximate surface area is 121 Å². The van der Waals surface area contributed by atoms with Crippen molar-refractivity contribution in [3.63, 3.8) is 0 Å². The minimum atomic E-state index is 0.402. The molecule has 19 heavy (non-hydrogen) atoms. The molecule has 1 aliphatic rings. The molecule has 0 radical (unpaired) electrons. The van der Waals surface area contributed by atoms with Gasteiger partial charge in [-0.3, -0.25) is 4.98 Å². The number of hydrogen-bond donors (Lipinski definition) is 1. The number of nitrogens with one attached hydrogen (secondary N) is 1. The first-order chi connectivity index (χ1) is 9.33. The first-order valence-electron chi connectivity index (χ1n) is 7.69. The SMILES string of the molecule is CCNC(CC)c1ccc(SC2CCCCC2)cn1. The Morgan fingerprint density at radius 3 is 2.63 bits per heavy atom. The smallest absolute Gasteiger partial charge is 0.0573 e. The number of hydrogen-bond acceptors (Lipinski definition) is 3. The second-order valence-electron chi connectivity index (χ2n) is 5.32. The van der Waals surface area contributed by atoms with E-state index in [1.54, 1.807) is 0 Å². The summed E-state index contributed by atoms with van der Waals surface area (Å²) in [6.07, 6.45) is 10.1. The number of thioether (sulfide) groups is 1. The third kappa shape index (κ3) is 4.50. The van der Waals surface area contributed by atoms with Crippen LogP contribution in [-0.2, 0) is 0 Å². The summed E-state index contributed by atoms with van der Waals surface area (Å²) in [7, 11) is 0. The van der Waals surface area contributed by atoms with Crippen molar-refractivity contribution >= 4 is 11.8 Å². The van der Waals surface area contributed by atoms with Crippen molar-refractivity contribution in [1.29, 1.82) is 0 Å². The predicted octanol–water partition coefficient (Wildman–Crippen LogP) is 4.57. The van der Waals surface area contributed by atoms with Crippen LogP contribution in [0.4, 0.5) is 0 Å². The van der Waals surface area contributed by atoms with E-state index < -0.39 is 0 Å². The lowest BCUT2D eigenvalue weighted by Gasteiger charge is -2.21. The zero-order valence-corrected chi connectivity index (χ0v) is 13.0. The molecule has 0 aromatic carbocycles. The lowest BCUT2D eigenvalue weighted by atomic mass is 10.0. The topological polar surface area (TPSA) is 24.9 Å². The number of pyridine rings is 1. The van der Waals surface area contributed by atoms with Crippen LogP contribution in [0.3, 0.4) is 0 Å². The molecule has 1 saturated carbocycles. The lowest BCUT2D eigenvalue weighted by Crippen LogP contribution is -2.20. The van der Waals surface area contributed by atoms with Gasteiger partial charge in [-0.15, -0.1) is 11.8 Å². The molecule has 0 aliphatic heterocycles. The van der Waals surface area contributed by atoms with Crippen LogP contribution in [0.5, 0.6) is 0 Å². The van der Waals surface area contributed by atoms with Gasteiger partial charge in [0.1, 0.15) is 0 Å². The van der Waals surface area contributed by atoms with Gasteiger partial charge < -0.3 is 5.32 Å². The van der Waals surface area contributed by atoms with Gasteiger partial charge in [0.2, 0.25) is 0 Å². The molecule has 0 bridgehead atoms. The second kappa shape index (κ2) is 7.91. The van der Waals surface area contributed by atoms with E-state index in [4.69, 9.17) is 0 Å². The minimum absolute atomic E-state index is 0.402. The van der Waals surface area contributed by atoms with Gasteiger partial charge in [-0.2, -0.15) is 0 Å². The van der Waals surface area contributed by atoms with Gasteiger partial charge in [0.25, 0.3) is 0 Å². The summed E-state index contributed by atoms with van der Waals surface area (Å²) in [4.78, 5) is 5.99. The first-order valence-corrected chi connectivity index (χ1v) is 8.57. The highest BCUT2D eigenvalue weighted by molar-refractivity contribution is 8.00. The molecule has 2 rings (SSSR count). The largest absolute Gasteiger partial charge is 0.309 e. The van der Waals surface area contributed by atoms with Gasteiger partial charge in [0, 0.05) is 22.4 Å². The van der Waals surface area contributed by atoms with E-state index >= 15 is 0 Å². The Bertz CT molecular complexity index is 358. The van der Waals surface area contributed by atoms with E-state index in [1.165, 1.54) is 42.7 Å². The Morgan fingerprint density at radius 2 is 2.05 bits per heavy atom. The van der Waals surface area contributed by atoms with Crippen LogP contribution in [0.25, 0.3) is 0 Å². The van der Waals surface area contributed by atoms with Gasteiger partial charge in [0.05, 0.1) is 5.69 Å². The maximum atomic E-state index is 4.65. The number of aromatic nitrogens is 1. The van der Waals surface area contributed by atoms with E-state index in [-0.39, 0.29) is 0 Å². The third-order valence-corrected chi connectivity index (χ3v) is 5.15. The van der Waals surface area contributed by atoms with E-state index in [1.807, 2.05) is 11.8 Å². The summed E-state index contributed by atoms with van der Waals surface area (Å²) in [5.41, 5.74) is 1.18. The Morgan fingerprint density at radius 1 is 1.26 bits per heavy atom. The maximum Gasteiger partial charge on any atom is 0.0573 e. The van der Waals surface area contributed by atoms with E-state index in [2.05, 4.69) is 42.5 Å². The molecule has 0 spiro atoms. The van der Waals surface area contributed by atoms with Gasteiger partial charge in [0.15, 0.2) is 0 Å².